The highest BCUT2D eigenvalue weighted by Crippen LogP contribution is 2.29. The van der Waals surface area contributed by atoms with E-state index in [0.717, 1.165) is 36.0 Å². The molecule has 0 amide bonds. The van der Waals surface area contributed by atoms with Crippen molar-refractivity contribution in [2.24, 2.45) is 5.92 Å². The van der Waals surface area contributed by atoms with Gasteiger partial charge < -0.3 is 9.47 Å². The van der Waals surface area contributed by atoms with Gasteiger partial charge in [0.15, 0.2) is 11.5 Å². The fourth-order valence-electron chi connectivity index (χ4n) is 1.70. The van der Waals surface area contributed by atoms with Crippen molar-refractivity contribution in [3.05, 3.63) is 23.8 Å². The SMILES string of the molecule is CCOc1cc(CCl)ccc1OCCCC(C)C. The van der Waals surface area contributed by atoms with Crippen LogP contribution in [0.3, 0.4) is 0 Å². The first-order chi connectivity index (χ1) is 8.67. The minimum atomic E-state index is 0.494. The monoisotopic (exact) mass is 270 g/mol. The highest BCUT2D eigenvalue weighted by atomic mass is 35.5. The molecule has 0 heterocycles. The summed E-state index contributed by atoms with van der Waals surface area (Å²) in [6, 6.07) is 5.87. The van der Waals surface area contributed by atoms with E-state index in [9.17, 15) is 0 Å². The predicted octanol–water partition coefficient (Wildman–Crippen LogP) is 4.64. The molecule has 0 spiro atoms. The molecule has 0 saturated carbocycles. The van der Waals surface area contributed by atoms with Crippen LogP contribution in [-0.2, 0) is 5.88 Å². The highest BCUT2D eigenvalue weighted by molar-refractivity contribution is 6.17. The number of halogens is 1. The zero-order chi connectivity index (χ0) is 13.4. The number of hydrogen-bond acceptors (Lipinski definition) is 2. The zero-order valence-corrected chi connectivity index (χ0v) is 12.3. The van der Waals surface area contributed by atoms with Crippen molar-refractivity contribution in [2.45, 2.75) is 39.5 Å². The van der Waals surface area contributed by atoms with Crippen molar-refractivity contribution in [3.8, 4) is 11.5 Å². The van der Waals surface area contributed by atoms with Gasteiger partial charge in [0, 0.05) is 5.88 Å². The first-order valence-electron chi connectivity index (χ1n) is 6.61. The fraction of sp³-hybridized carbons (Fsp3) is 0.600. The molecular weight excluding hydrogens is 248 g/mol. The molecule has 0 N–H and O–H groups in total. The summed E-state index contributed by atoms with van der Waals surface area (Å²) in [5.41, 5.74) is 1.05. The van der Waals surface area contributed by atoms with E-state index in [1.165, 1.54) is 6.42 Å². The van der Waals surface area contributed by atoms with Gasteiger partial charge in [0.2, 0.25) is 0 Å². The third kappa shape index (κ3) is 5.18. The molecule has 1 aromatic carbocycles. The largest absolute Gasteiger partial charge is 0.490 e. The Labute approximate surface area is 115 Å². The molecule has 2 nitrogen and oxygen atoms in total. The molecule has 0 saturated heterocycles. The predicted molar refractivity (Wildman–Crippen MR) is 76.7 cm³/mol. The Balaban J connectivity index is 2.57. The highest BCUT2D eigenvalue weighted by Gasteiger charge is 2.06. The van der Waals surface area contributed by atoms with E-state index in [4.69, 9.17) is 21.1 Å². The lowest BCUT2D eigenvalue weighted by Gasteiger charge is -2.13. The molecule has 0 bridgehead atoms. The molecule has 0 unspecified atom stereocenters. The molecule has 0 atom stereocenters. The van der Waals surface area contributed by atoms with Gasteiger partial charge in [-0.05, 0) is 43.4 Å². The maximum atomic E-state index is 5.82. The van der Waals surface area contributed by atoms with E-state index < -0.39 is 0 Å². The van der Waals surface area contributed by atoms with Crippen molar-refractivity contribution >= 4 is 11.6 Å². The van der Waals surface area contributed by atoms with Crippen LogP contribution in [-0.4, -0.2) is 13.2 Å². The Kier molecular flexibility index (Phi) is 6.96. The topological polar surface area (TPSA) is 18.5 Å². The molecule has 102 valence electrons. The van der Waals surface area contributed by atoms with E-state index in [0.29, 0.717) is 12.5 Å². The summed E-state index contributed by atoms with van der Waals surface area (Å²) < 4.78 is 11.3. The van der Waals surface area contributed by atoms with E-state index >= 15 is 0 Å². The van der Waals surface area contributed by atoms with Crippen molar-refractivity contribution in [2.75, 3.05) is 13.2 Å². The summed E-state index contributed by atoms with van der Waals surface area (Å²) in [4.78, 5) is 0. The summed E-state index contributed by atoms with van der Waals surface area (Å²) in [6.07, 6.45) is 2.25. The van der Waals surface area contributed by atoms with Crippen LogP contribution in [0.4, 0.5) is 0 Å². The maximum absolute atomic E-state index is 5.82. The fourth-order valence-corrected chi connectivity index (χ4v) is 1.86. The van der Waals surface area contributed by atoms with Crippen molar-refractivity contribution in [3.63, 3.8) is 0 Å². The normalized spacial score (nSPS) is 10.7. The summed E-state index contributed by atoms with van der Waals surface area (Å²) in [7, 11) is 0. The molecule has 0 fully saturated rings. The second-order valence-corrected chi connectivity index (χ2v) is 5.00. The second-order valence-electron chi connectivity index (χ2n) is 4.73. The molecule has 0 aromatic heterocycles. The summed E-state index contributed by atoms with van der Waals surface area (Å²) in [5.74, 6) is 2.82. The van der Waals surface area contributed by atoms with Gasteiger partial charge in [0.1, 0.15) is 0 Å². The van der Waals surface area contributed by atoms with E-state index in [2.05, 4.69) is 13.8 Å². The average Bonchev–Trinajstić information content (AvgIpc) is 2.36. The van der Waals surface area contributed by atoms with Crippen LogP contribution in [0.25, 0.3) is 0 Å². The lowest BCUT2D eigenvalue weighted by molar-refractivity contribution is 0.266. The quantitative estimate of drug-likeness (QED) is 0.506. The van der Waals surface area contributed by atoms with Crippen LogP contribution in [0, 0.1) is 5.92 Å². The maximum Gasteiger partial charge on any atom is 0.161 e. The van der Waals surface area contributed by atoms with Crippen LogP contribution in [0.2, 0.25) is 0 Å². The minimum absolute atomic E-state index is 0.494. The molecule has 3 heteroatoms. The third-order valence-corrected chi connectivity index (χ3v) is 2.95. The van der Waals surface area contributed by atoms with Crippen LogP contribution >= 0.6 is 11.6 Å². The van der Waals surface area contributed by atoms with E-state index in [1.807, 2.05) is 25.1 Å². The summed E-state index contributed by atoms with van der Waals surface area (Å²) >= 11 is 5.82. The van der Waals surface area contributed by atoms with Gasteiger partial charge in [-0.3, -0.25) is 0 Å². The molecule has 18 heavy (non-hydrogen) atoms. The van der Waals surface area contributed by atoms with Gasteiger partial charge in [0.05, 0.1) is 13.2 Å². The smallest absolute Gasteiger partial charge is 0.161 e. The molecule has 0 radical (unpaired) electrons. The van der Waals surface area contributed by atoms with E-state index in [1.54, 1.807) is 0 Å². The number of benzene rings is 1. The molecule has 0 aliphatic carbocycles. The van der Waals surface area contributed by atoms with Crippen LogP contribution < -0.4 is 9.47 Å². The van der Waals surface area contributed by atoms with Gasteiger partial charge in [-0.15, -0.1) is 11.6 Å². The third-order valence-electron chi connectivity index (χ3n) is 2.65. The van der Waals surface area contributed by atoms with Crippen LogP contribution in [0.5, 0.6) is 11.5 Å². The zero-order valence-electron chi connectivity index (χ0n) is 11.5. The lowest BCUT2D eigenvalue weighted by Crippen LogP contribution is -2.02. The van der Waals surface area contributed by atoms with Crippen molar-refractivity contribution in [1.29, 1.82) is 0 Å². The number of alkyl halides is 1. The first-order valence-corrected chi connectivity index (χ1v) is 7.15. The number of hydrogen-bond donors (Lipinski definition) is 0. The van der Waals surface area contributed by atoms with Crippen molar-refractivity contribution in [1.82, 2.24) is 0 Å². The number of ether oxygens (including phenoxy) is 2. The summed E-state index contributed by atoms with van der Waals surface area (Å²) in [6.45, 7) is 7.78. The first kappa shape index (κ1) is 15.2. The Morgan fingerprint density at radius 3 is 2.56 bits per heavy atom. The molecule has 0 aliphatic heterocycles. The van der Waals surface area contributed by atoms with Gasteiger partial charge in [0.25, 0.3) is 0 Å². The lowest BCUT2D eigenvalue weighted by atomic mass is 10.1. The standard InChI is InChI=1S/C15H23ClO2/c1-4-17-15-10-13(11-16)7-8-14(15)18-9-5-6-12(2)3/h7-8,10,12H,4-6,9,11H2,1-3H3. The number of rotatable bonds is 8. The molecule has 1 rings (SSSR count). The molecular formula is C15H23ClO2. The van der Waals surface area contributed by atoms with Gasteiger partial charge in [-0.25, -0.2) is 0 Å². The van der Waals surface area contributed by atoms with Crippen molar-refractivity contribution < 1.29 is 9.47 Å². The van der Waals surface area contributed by atoms with Crippen LogP contribution in [0.15, 0.2) is 18.2 Å². The minimum Gasteiger partial charge on any atom is -0.490 e. The van der Waals surface area contributed by atoms with Gasteiger partial charge in [-0.1, -0.05) is 19.9 Å². The Morgan fingerprint density at radius 1 is 1.17 bits per heavy atom. The van der Waals surface area contributed by atoms with Gasteiger partial charge in [-0.2, -0.15) is 0 Å². The Hall–Kier alpha value is -0.890. The van der Waals surface area contributed by atoms with Gasteiger partial charge >= 0.3 is 0 Å². The summed E-state index contributed by atoms with van der Waals surface area (Å²) in [5, 5.41) is 0. The van der Waals surface area contributed by atoms with Crippen LogP contribution in [0.1, 0.15) is 39.2 Å². The van der Waals surface area contributed by atoms with E-state index in [-0.39, 0.29) is 0 Å². The Morgan fingerprint density at radius 2 is 1.94 bits per heavy atom. The molecule has 1 aromatic rings. The Bertz CT molecular complexity index is 350. The second kappa shape index (κ2) is 8.25. The molecule has 0 aliphatic rings. The average molecular weight is 271 g/mol.